The molecular formula is C14H11Cl3FN. The predicted molar refractivity (Wildman–Crippen MR) is 78.5 cm³/mol. The van der Waals surface area contributed by atoms with Crippen LogP contribution in [0.25, 0.3) is 0 Å². The van der Waals surface area contributed by atoms with Gasteiger partial charge in [0.05, 0.1) is 0 Å². The van der Waals surface area contributed by atoms with Crippen molar-refractivity contribution in [2.75, 3.05) is 0 Å². The molecule has 0 aliphatic heterocycles. The minimum absolute atomic E-state index is 0.317. The van der Waals surface area contributed by atoms with Crippen molar-refractivity contribution in [2.45, 2.75) is 12.5 Å². The molecule has 0 saturated heterocycles. The zero-order valence-corrected chi connectivity index (χ0v) is 12.1. The highest BCUT2D eigenvalue weighted by molar-refractivity contribution is 6.35. The minimum atomic E-state index is -0.384. The van der Waals surface area contributed by atoms with Gasteiger partial charge in [-0.1, -0.05) is 46.9 Å². The monoisotopic (exact) mass is 317 g/mol. The van der Waals surface area contributed by atoms with Gasteiger partial charge in [-0.05, 0) is 41.8 Å². The number of nitrogens with two attached hydrogens (primary N) is 1. The second kappa shape index (κ2) is 6.10. The molecule has 0 saturated carbocycles. The number of benzene rings is 2. The molecule has 0 heterocycles. The third-order valence-electron chi connectivity index (χ3n) is 2.82. The molecule has 1 nitrogen and oxygen atoms in total. The van der Waals surface area contributed by atoms with E-state index in [4.69, 9.17) is 40.5 Å². The fraction of sp³-hybridized carbons (Fsp3) is 0.143. The molecule has 0 aliphatic carbocycles. The molecule has 2 N–H and O–H groups in total. The lowest BCUT2D eigenvalue weighted by Gasteiger charge is -2.15. The van der Waals surface area contributed by atoms with E-state index in [1.54, 1.807) is 18.2 Å². The van der Waals surface area contributed by atoms with E-state index in [9.17, 15) is 4.39 Å². The Morgan fingerprint density at radius 2 is 1.74 bits per heavy atom. The molecule has 2 aromatic carbocycles. The average molecular weight is 319 g/mol. The first kappa shape index (κ1) is 14.6. The Bertz CT molecular complexity index is 601. The van der Waals surface area contributed by atoms with Gasteiger partial charge >= 0.3 is 0 Å². The molecule has 0 bridgehead atoms. The maximum absolute atomic E-state index is 13.0. The summed E-state index contributed by atoms with van der Waals surface area (Å²) in [5.41, 5.74) is 7.65. The van der Waals surface area contributed by atoms with E-state index < -0.39 is 0 Å². The van der Waals surface area contributed by atoms with Crippen molar-refractivity contribution in [3.63, 3.8) is 0 Å². The van der Waals surface area contributed by atoms with Crippen molar-refractivity contribution in [3.8, 4) is 0 Å². The van der Waals surface area contributed by atoms with Gasteiger partial charge in [0.15, 0.2) is 0 Å². The summed E-state index contributed by atoms with van der Waals surface area (Å²) in [5, 5.41) is 1.45. The van der Waals surface area contributed by atoms with Crippen LogP contribution in [0.1, 0.15) is 17.2 Å². The molecule has 0 aliphatic rings. The van der Waals surface area contributed by atoms with Gasteiger partial charge in [-0.2, -0.15) is 0 Å². The first-order valence-corrected chi connectivity index (χ1v) is 6.75. The highest BCUT2D eigenvalue weighted by Gasteiger charge is 2.13. The lowest BCUT2D eigenvalue weighted by atomic mass is 9.99. The molecule has 1 unspecified atom stereocenters. The third-order valence-corrected chi connectivity index (χ3v) is 3.73. The fourth-order valence-corrected chi connectivity index (χ4v) is 2.63. The maximum atomic E-state index is 13.0. The molecule has 0 radical (unpaired) electrons. The van der Waals surface area contributed by atoms with Crippen LogP contribution in [-0.2, 0) is 6.42 Å². The number of halogens is 4. The van der Waals surface area contributed by atoms with Crippen molar-refractivity contribution >= 4 is 34.8 Å². The number of hydrogen-bond acceptors (Lipinski definition) is 1. The van der Waals surface area contributed by atoms with Crippen molar-refractivity contribution in [1.82, 2.24) is 0 Å². The van der Waals surface area contributed by atoms with Crippen LogP contribution in [0.5, 0.6) is 0 Å². The van der Waals surface area contributed by atoms with Gasteiger partial charge in [0.1, 0.15) is 5.82 Å². The van der Waals surface area contributed by atoms with Crippen LogP contribution in [-0.4, -0.2) is 0 Å². The minimum Gasteiger partial charge on any atom is -0.324 e. The standard InChI is InChI=1S/C14H11Cl3FN/c15-9-2-1-8(12(16)6-9)5-14(19)11-4-3-10(18)7-13(11)17/h1-4,6-7,14H,5,19H2. The lowest BCUT2D eigenvalue weighted by Crippen LogP contribution is -2.14. The van der Waals surface area contributed by atoms with E-state index in [0.717, 1.165) is 5.56 Å². The largest absolute Gasteiger partial charge is 0.324 e. The first-order valence-electron chi connectivity index (χ1n) is 5.62. The normalized spacial score (nSPS) is 12.5. The van der Waals surface area contributed by atoms with E-state index in [1.807, 2.05) is 6.07 Å². The third kappa shape index (κ3) is 3.61. The zero-order chi connectivity index (χ0) is 14.0. The van der Waals surface area contributed by atoms with Gasteiger partial charge in [-0.25, -0.2) is 4.39 Å². The predicted octanol–water partition coefficient (Wildman–Crippen LogP) is 5.03. The summed E-state index contributed by atoms with van der Waals surface area (Å²) < 4.78 is 13.0. The van der Waals surface area contributed by atoms with Gasteiger partial charge in [0.2, 0.25) is 0 Å². The Balaban J connectivity index is 2.23. The topological polar surface area (TPSA) is 26.0 Å². The molecule has 0 spiro atoms. The summed E-state index contributed by atoms with van der Waals surface area (Å²) in [6.07, 6.45) is 0.501. The molecule has 0 amide bonds. The van der Waals surface area contributed by atoms with Crippen LogP contribution in [0.4, 0.5) is 4.39 Å². The highest BCUT2D eigenvalue weighted by atomic mass is 35.5. The van der Waals surface area contributed by atoms with Gasteiger partial charge in [0.25, 0.3) is 0 Å². The van der Waals surface area contributed by atoms with E-state index >= 15 is 0 Å². The van der Waals surface area contributed by atoms with Gasteiger partial charge in [-0.15, -0.1) is 0 Å². The molecule has 2 aromatic rings. The Morgan fingerprint density at radius 3 is 2.37 bits per heavy atom. The van der Waals surface area contributed by atoms with Crippen LogP contribution in [0.2, 0.25) is 15.1 Å². The van der Waals surface area contributed by atoms with Crippen LogP contribution < -0.4 is 5.73 Å². The quantitative estimate of drug-likeness (QED) is 0.844. The zero-order valence-electron chi connectivity index (χ0n) is 9.84. The molecule has 2 rings (SSSR count). The van der Waals surface area contributed by atoms with E-state index in [0.29, 0.717) is 27.1 Å². The van der Waals surface area contributed by atoms with Crippen molar-refractivity contribution in [2.24, 2.45) is 5.73 Å². The average Bonchev–Trinajstić information content (AvgIpc) is 2.32. The van der Waals surface area contributed by atoms with Crippen LogP contribution in [0, 0.1) is 5.82 Å². The highest BCUT2D eigenvalue weighted by Crippen LogP contribution is 2.28. The van der Waals surface area contributed by atoms with E-state index in [-0.39, 0.29) is 11.9 Å². The van der Waals surface area contributed by atoms with Crippen molar-refractivity contribution in [3.05, 3.63) is 68.4 Å². The van der Waals surface area contributed by atoms with Gasteiger partial charge < -0.3 is 5.73 Å². The molecule has 0 fully saturated rings. The van der Waals surface area contributed by atoms with Gasteiger partial charge in [0, 0.05) is 21.1 Å². The Morgan fingerprint density at radius 1 is 1.00 bits per heavy atom. The Labute approximate surface area is 126 Å². The lowest BCUT2D eigenvalue weighted by molar-refractivity contribution is 0.624. The second-order valence-corrected chi connectivity index (χ2v) is 5.46. The van der Waals surface area contributed by atoms with Gasteiger partial charge in [-0.3, -0.25) is 0 Å². The van der Waals surface area contributed by atoms with E-state index in [1.165, 1.54) is 12.1 Å². The SMILES string of the molecule is NC(Cc1ccc(Cl)cc1Cl)c1ccc(F)cc1Cl. The molecule has 1 atom stereocenters. The second-order valence-electron chi connectivity index (χ2n) is 4.21. The number of hydrogen-bond donors (Lipinski definition) is 1. The summed E-state index contributed by atoms with van der Waals surface area (Å²) in [6, 6.07) is 9.06. The van der Waals surface area contributed by atoms with Crippen LogP contribution in [0.15, 0.2) is 36.4 Å². The molecule has 19 heavy (non-hydrogen) atoms. The Hall–Kier alpha value is -0.800. The summed E-state index contributed by atoms with van der Waals surface area (Å²) in [7, 11) is 0. The fourth-order valence-electron chi connectivity index (χ4n) is 1.84. The Kier molecular flexibility index (Phi) is 4.69. The summed E-state index contributed by atoms with van der Waals surface area (Å²) in [6.45, 7) is 0. The summed E-state index contributed by atoms with van der Waals surface area (Å²) >= 11 is 17.9. The first-order chi connectivity index (χ1) is 8.97. The van der Waals surface area contributed by atoms with E-state index in [2.05, 4.69) is 0 Å². The maximum Gasteiger partial charge on any atom is 0.124 e. The molecule has 0 aromatic heterocycles. The van der Waals surface area contributed by atoms with Crippen molar-refractivity contribution in [1.29, 1.82) is 0 Å². The van der Waals surface area contributed by atoms with Crippen LogP contribution in [0.3, 0.4) is 0 Å². The van der Waals surface area contributed by atoms with Crippen LogP contribution >= 0.6 is 34.8 Å². The summed E-state index contributed by atoms with van der Waals surface area (Å²) in [5.74, 6) is -0.384. The molecule has 100 valence electrons. The molecular weight excluding hydrogens is 308 g/mol. The smallest absolute Gasteiger partial charge is 0.124 e. The summed E-state index contributed by atoms with van der Waals surface area (Å²) in [4.78, 5) is 0. The molecule has 5 heteroatoms. The number of rotatable bonds is 3. The van der Waals surface area contributed by atoms with Crippen molar-refractivity contribution < 1.29 is 4.39 Å².